The van der Waals surface area contributed by atoms with Crippen molar-refractivity contribution in [2.75, 3.05) is 24.8 Å². The summed E-state index contributed by atoms with van der Waals surface area (Å²) in [7, 11) is -1.17. The Hall–Kier alpha value is -1.07. The lowest BCUT2D eigenvalue weighted by Crippen LogP contribution is -2.19. The largest absolute Gasteiger partial charge is 0.372 e. The van der Waals surface area contributed by atoms with Gasteiger partial charge in [-0.3, -0.25) is 0 Å². The molecule has 1 aromatic carbocycles. The average molecular weight is 240 g/mol. The molecule has 0 fully saturated rings. The topological polar surface area (TPSA) is 58.2 Å². The number of benzene rings is 1. The second kappa shape index (κ2) is 4.43. The Morgan fingerprint density at radius 1 is 1.38 bits per heavy atom. The van der Waals surface area contributed by atoms with Crippen LogP contribution in [0.5, 0.6) is 0 Å². The van der Waals surface area contributed by atoms with Gasteiger partial charge in [-0.15, -0.1) is 0 Å². The minimum absolute atomic E-state index is 0.281. The third-order valence-electron chi connectivity index (χ3n) is 2.72. The summed E-state index contributed by atoms with van der Waals surface area (Å²) in [5, 5.41) is 6.15. The van der Waals surface area contributed by atoms with Crippen LogP contribution in [0.1, 0.15) is 12.0 Å². The minimum Gasteiger partial charge on any atom is -0.372 e. The van der Waals surface area contributed by atoms with E-state index in [1.54, 1.807) is 6.07 Å². The van der Waals surface area contributed by atoms with Gasteiger partial charge in [-0.25, -0.2) is 8.42 Å². The Labute approximate surface area is 96.0 Å². The first-order valence-corrected chi connectivity index (χ1v) is 7.03. The third-order valence-corrected chi connectivity index (χ3v) is 4.62. The van der Waals surface area contributed by atoms with E-state index in [1.807, 2.05) is 19.2 Å². The Morgan fingerprint density at radius 3 is 2.94 bits per heavy atom. The molecule has 2 rings (SSSR count). The number of hydrogen-bond acceptors (Lipinski definition) is 4. The highest BCUT2D eigenvalue weighted by Crippen LogP contribution is 2.27. The van der Waals surface area contributed by atoms with Gasteiger partial charge in [0.2, 0.25) is 0 Å². The number of rotatable bonds is 3. The van der Waals surface area contributed by atoms with Crippen LogP contribution >= 0.6 is 0 Å². The van der Waals surface area contributed by atoms with Crippen molar-refractivity contribution in [1.29, 1.82) is 0 Å². The summed E-state index contributed by atoms with van der Waals surface area (Å²) >= 11 is 0. The summed E-state index contributed by atoms with van der Waals surface area (Å²) in [4.78, 5) is 0.508. The van der Waals surface area contributed by atoms with E-state index in [1.165, 1.54) is 0 Å². The van der Waals surface area contributed by atoms with Gasteiger partial charge in [0, 0.05) is 5.69 Å². The number of nitrogens with one attached hydrogen (secondary N) is 2. The molecule has 4 nitrogen and oxygen atoms in total. The zero-order chi connectivity index (χ0) is 11.6. The lowest BCUT2D eigenvalue weighted by Gasteiger charge is -2.17. The van der Waals surface area contributed by atoms with Gasteiger partial charge < -0.3 is 10.6 Å². The van der Waals surface area contributed by atoms with Crippen LogP contribution in [0.15, 0.2) is 23.1 Å². The summed E-state index contributed by atoms with van der Waals surface area (Å²) in [6.45, 7) is 0.672. The molecule has 0 aromatic heterocycles. The van der Waals surface area contributed by atoms with Gasteiger partial charge in [0.25, 0.3) is 0 Å². The number of fused-ring (bicyclic) bond motifs is 1. The van der Waals surface area contributed by atoms with Crippen LogP contribution in [-0.4, -0.2) is 27.9 Å². The van der Waals surface area contributed by atoms with Gasteiger partial charge in [-0.05, 0) is 43.7 Å². The lowest BCUT2D eigenvalue weighted by molar-refractivity contribution is 0.586. The molecule has 0 amide bonds. The lowest BCUT2D eigenvalue weighted by atomic mass is 10.1. The van der Waals surface area contributed by atoms with Crippen molar-refractivity contribution in [2.45, 2.75) is 17.7 Å². The van der Waals surface area contributed by atoms with Crippen LogP contribution in [0.2, 0.25) is 0 Å². The van der Waals surface area contributed by atoms with Crippen molar-refractivity contribution >= 4 is 15.5 Å². The minimum atomic E-state index is -3.02. The molecular formula is C11H16N2O2S. The zero-order valence-electron chi connectivity index (χ0n) is 9.29. The summed E-state index contributed by atoms with van der Waals surface area (Å²) in [6.07, 6.45) is 1.58. The SMILES string of the molecule is CNCNc1ccc2c(c1)CCCS2(=O)=O. The molecule has 88 valence electrons. The molecule has 1 aromatic rings. The molecule has 0 aliphatic carbocycles. The van der Waals surface area contributed by atoms with E-state index in [2.05, 4.69) is 10.6 Å². The first-order chi connectivity index (χ1) is 7.63. The normalized spacial score (nSPS) is 17.8. The third kappa shape index (κ3) is 2.20. The van der Waals surface area contributed by atoms with E-state index in [9.17, 15) is 8.42 Å². The fourth-order valence-corrected chi connectivity index (χ4v) is 3.52. The Kier molecular flexibility index (Phi) is 3.16. The maximum Gasteiger partial charge on any atom is 0.178 e. The maximum atomic E-state index is 11.8. The van der Waals surface area contributed by atoms with E-state index in [0.29, 0.717) is 11.6 Å². The van der Waals surface area contributed by atoms with Gasteiger partial charge in [0.05, 0.1) is 17.3 Å². The summed E-state index contributed by atoms with van der Waals surface area (Å²) in [5.74, 6) is 0.281. The molecule has 0 atom stereocenters. The van der Waals surface area contributed by atoms with Gasteiger partial charge in [0.1, 0.15) is 0 Å². The number of anilines is 1. The van der Waals surface area contributed by atoms with Gasteiger partial charge in [0.15, 0.2) is 9.84 Å². The smallest absolute Gasteiger partial charge is 0.178 e. The molecule has 0 radical (unpaired) electrons. The van der Waals surface area contributed by atoms with Crippen molar-refractivity contribution in [1.82, 2.24) is 5.32 Å². The molecular weight excluding hydrogens is 224 g/mol. The predicted molar refractivity (Wildman–Crippen MR) is 64.4 cm³/mol. The molecule has 0 unspecified atom stereocenters. The Morgan fingerprint density at radius 2 is 2.19 bits per heavy atom. The number of aryl methyl sites for hydroxylation is 1. The highest BCUT2D eigenvalue weighted by Gasteiger charge is 2.23. The van der Waals surface area contributed by atoms with E-state index < -0.39 is 9.84 Å². The fraction of sp³-hybridized carbons (Fsp3) is 0.455. The molecule has 1 heterocycles. The van der Waals surface area contributed by atoms with Crippen molar-refractivity contribution < 1.29 is 8.42 Å². The van der Waals surface area contributed by atoms with Crippen LogP contribution < -0.4 is 10.6 Å². The second-order valence-electron chi connectivity index (χ2n) is 3.95. The first-order valence-electron chi connectivity index (χ1n) is 5.37. The quantitative estimate of drug-likeness (QED) is 0.774. The molecule has 0 saturated heterocycles. The predicted octanol–water partition coefficient (Wildman–Crippen LogP) is 0.995. The Bertz CT molecular complexity index is 483. The van der Waals surface area contributed by atoms with Crippen LogP contribution in [-0.2, 0) is 16.3 Å². The molecule has 16 heavy (non-hydrogen) atoms. The highest BCUT2D eigenvalue weighted by atomic mass is 32.2. The second-order valence-corrected chi connectivity index (χ2v) is 6.03. The molecule has 0 spiro atoms. The summed E-state index contributed by atoms with van der Waals surface area (Å²) < 4.78 is 23.5. The van der Waals surface area contributed by atoms with Crippen LogP contribution in [0.25, 0.3) is 0 Å². The van der Waals surface area contributed by atoms with E-state index in [4.69, 9.17) is 0 Å². The molecule has 0 saturated carbocycles. The van der Waals surface area contributed by atoms with Gasteiger partial charge >= 0.3 is 0 Å². The van der Waals surface area contributed by atoms with Gasteiger partial charge in [-0.1, -0.05) is 0 Å². The molecule has 1 aliphatic rings. The van der Waals surface area contributed by atoms with Crippen molar-refractivity contribution in [2.24, 2.45) is 0 Å². The van der Waals surface area contributed by atoms with Crippen LogP contribution in [0.3, 0.4) is 0 Å². The zero-order valence-corrected chi connectivity index (χ0v) is 10.1. The van der Waals surface area contributed by atoms with Crippen molar-refractivity contribution in [3.63, 3.8) is 0 Å². The average Bonchev–Trinajstić information content (AvgIpc) is 2.25. The maximum absolute atomic E-state index is 11.8. The number of sulfone groups is 1. The fourth-order valence-electron chi connectivity index (χ4n) is 1.94. The number of hydrogen-bond donors (Lipinski definition) is 2. The molecule has 0 bridgehead atoms. The summed E-state index contributed by atoms with van der Waals surface area (Å²) in [5.41, 5.74) is 1.90. The standard InChI is InChI=1S/C11H16N2O2S/c1-12-8-13-10-4-5-11-9(7-10)3-2-6-16(11,14)15/h4-5,7,12-13H,2-3,6,8H2,1H3. The molecule has 1 aliphatic heterocycles. The van der Waals surface area contributed by atoms with Crippen molar-refractivity contribution in [3.05, 3.63) is 23.8 Å². The van der Waals surface area contributed by atoms with E-state index in [-0.39, 0.29) is 5.75 Å². The molecule has 5 heteroatoms. The van der Waals surface area contributed by atoms with Crippen molar-refractivity contribution in [3.8, 4) is 0 Å². The Balaban J connectivity index is 2.32. The first kappa shape index (κ1) is 11.4. The molecule has 2 N–H and O–H groups in total. The highest BCUT2D eigenvalue weighted by molar-refractivity contribution is 7.91. The van der Waals surface area contributed by atoms with Crippen LogP contribution in [0, 0.1) is 0 Å². The van der Waals surface area contributed by atoms with Crippen LogP contribution in [0.4, 0.5) is 5.69 Å². The van der Waals surface area contributed by atoms with E-state index >= 15 is 0 Å². The van der Waals surface area contributed by atoms with Gasteiger partial charge in [-0.2, -0.15) is 0 Å². The monoisotopic (exact) mass is 240 g/mol. The summed E-state index contributed by atoms with van der Waals surface area (Å²) in [6, 6.07) is 5.46. The van der Waals surface area contributed by atoms with E-state index in [0.717, 1.165) is 24.1 Å².